The first kappa shape index (κ1) is 13.8. The van der Waals surface area contributed by atoms with Crippen molar-refractivity contribution in [2.75, 3.05) is 13.2 Å². The van der Waals surface area contributed by atoms with Crippen molar-refractivity contribution in [3.05, 3.63) is 48.0 Å². The van der Waals surface area contributed by atoms with Crippen molar-refractivity contribution in [3.8, 4) is 5.69 Å². The van der Waals surface area contributed by atoms with Gasteiger partial charge in [-0.2, -0.15) is 5.10 Å². The van der Waals surface area contributed by atoms with Crippen molar-refractivity contribution in [3.63, 3.8) is 0 Å². The third kappa shape index (κ3) is 3.11. The first-order valence-electron chi connectivity index (χ1n) is 6.92. The number of benzene rings is 1. The Hall–Kier alpha value is -2.21. The summed E-state index contributed by atoms with van der Waals surface area (Å²) in [6.07, 6.45) is 4.89. The fourth-order valence-electron chi connectivity index (χ4n) is 2.41. The summed E-state index contributed by atoms with van der Waals surface area (Å²) in [5.74, 6) is -0.727. The fraction of sp³-hybridized carbons (Fsp3) is 0.333. The van der Waals surface area contributed by atoms with Gasteiger partial charge in [0.05, 0.1) is 11.3 Å². The highest BCUT2D eigenvalue weighted by atomic mass is 19.1. The normalized spacial score (nSPS) is 15.9. The van der Waals surface area contributed by atoms with Gasteiger partial charge in [0, 0.05) is 31.6 Å². The molecule has 6 heteroatoms. The van der Waals surface area contributed by atoms with Crippen LogP contribution in [0.2, 0.25) is 0 Å². The molecular weight excluding hydrogens is 273 g/mol. The van der Waals surface area contributed by atoms with Crippen molar-refractivity contribution in [1.29, 1.82) is 0 Å². The van der Waals surface area contributed by atoms with Crippen LogP contribution >= 0.6 is 0 Å². The number of ether oxygens (including phenoxy) is 1. The zero-order valence-corrected chi connectivity index (χ0v) is 11.5. The minimum atomic E-state index is -0.442. The summed E-state index contributed by atoms with van der Waals surface area (Å²) < 4.78 is 20.3. The standard InChI is InChI=1S/C15H16FN3O2/c16-11-2-3-14(19-7-1-6-17-19)13(10-11)15(20)18-12-4-8-21-9-5-12/h1-3,6-7,10,12H,4-5,8-9H2,(H,18,20). The van der Waals surface area contributed by atoms with Gasteiger partial charge in [0.1, 0.15) is 5.82 Å². The second-order valence-electron chi connectivity index (χ2n) is 4.97. The lowest BCUT2D eigenvalue weighted by molar-refractivity contribution is 0.0696. The van der Waals surface area contributed by atoms with Gasteiger partial charge in [-0.3, -0.25) is 4.79 Å². The van der Waals surface area contributed by atoms with Gasteiger partial charge >= 0.3 is 0 Å². The third-order valence-corrected chi connectivity index (χ3v) is 3.51. The van der Waals surface area contributed by atoms with E-state index in [0.29, 0.717) is 18.9 Å². The molecule has 0 saturated carbocycles. The Balaban J connectivity index is 1.86. The summed E-state index contributed by atoms with van der Waals surface area (Å²) in [7, 11) is 0. The van der Waals surface area contributed by atoms with Gasteiger partial charge in [-0.05, 0) is 37.1 Å². The van der Waals surface area contributed by atoms with E-state index in [1.54, 1.807) is 29.2 Å². The van der Waals surface area contributed by atoms with Crippen LogP contribution in [0.4, 0.5) is 4.39 Å². The van der Waals surface area contributed by atoms with E-state index >= 15 is 0 Å². The molecule has 5 nitrogen and oxygen atoms in total. The molecule has 1 amide bonds. The third-order valence-electron chi connectivity index (χ3n) is 3.51. The summed E-state index contributed by atoms with van der Waals surface area (Å²) in [5, 5.41) is 7.04. The Morgan fingerprint density at radius 3 is 2.90 bits per heavy atom. The average Bonchev–Trinajstić information content (AvgIpc) is 3.02. The van der Waals surface area contributed by atoms with E-state index in [2.05, 4.69) is 10.4 Å². The molecule has 1 aromatic carbocycles. The summed E-state index contributed by atoms with van der Waals surface area (Å²) in [6, 6.07) is 5.94. The zero-order valence-electron chi connectivity index (χ0n) is 11.5. The Kier molecular flexibility index (Phi) is 3.96. The van der Waals surface area contributed by atoms with Crippen LogP contribution in [0.15, 0.2) is 36.7 Å². The maximum atomic E-state index is 13.5. The van der Waals surface area contributed by atoms with E-state index in [9.17, 15) is 9.18 Å². The van der Waals surface area contributed by atoms with Gasteiger partial charge in [0.25, 0.3) is 5.91 Å². The van der Waals surface area contributed by atoms with Crippen LogP contribution in [0.25, 0.3) is 5.69 Å². The SMILES string of the molecule is O=C(NC1CCOCC1)c1cc(F)ccc1-n1cccn1. The molecule has 110 valence electrons. The Labute approximate surface area is 121 Å². The number of carbonyl (C=O) groups is 1. The van der Waals surface area contributed by atoms with Crippen molar-refractivity contribution < 1.29 is 13.9 Å². The lowest BCUT2D eigenvalue weighted by atomic mass is 10.1. The molecule has 1 N–H and O–H groups in total. The number of nitrogens with zero attached hydrogens (tertiary/aromatic N) is 2. The molecule has 1 aromatic heterocycles. The van der Waals surface area contributed by atoms with Crippen molar-refractivity contribution in [1.82, 2.24) is 15.1 Å². The second-order valence-corrected chi connectivity index (χ2v) is 4.97. The van der Waals surface area contributed by atoms with Crippen molar-refractivity contribution in [2.24, 2.45) is 0 Å². The van der Waals surface area contributed by atoms with Crippen LogP contribution in [0.1, 0.15) is 23.2 Å². The van der Waals surface area contributed by atoms with E-state index in [0.717, 1.165) is 12.8 Å². The van der Waals surface area contributed by atoms with Gasteiger partial charge in [0.15, 0.2) is 0 Å². The summed E-state index contributed by atoms with van der Waals surface area (Å²) >= 11 is 0. The van der Waals surface area contributed by atoms with E-state index in [-0.39, 0.29) is 17.5 Å². The van der Waals surface area contributed by atoms with Gasteiger partial charge in [0.2, 0.25) is 0 Å². The minimum absolute atomic E-state index is 0.0694. The maximum Gasteiger partial charge on any atom is 0.253 e. The molecular formula is C15H16FN3O2. The largest absolute Gasteiger partial charge is 0.381 e. The smallest absolute Gasteiger partial charge is 0.253 e. The monoisotopic (exact) mass is 289 g/mol. The molecule has 21 heavy (non-hydrogen) atoms. The number of amides is 1. The average molecular weight is 289 g/mol. The molecule has 1 fully saturated rings. The van der Waals surface area contributed by atoms with Crippen LogP contribution in [0.3, 0.4) is 0 Å². The molecule has 2 heterocycles. The first-order chi connectivity index (χ1) is 10.2. The molecule has 0 spiro atoms. The number of hydrogen-bond acceptors (Lipinski definition) is 3. The second kappa shape index (κ2) is 6.05. The van der Waals surface area contributed by atoms with E-state index in [1.165, 1.54) is 12.1 Å². The maximum absolute atomic E-state index is 13.5. The number of carbonyl (C=O) groups excluding carboxylic acids is 1. The number of halogens is 1. The Morgan fingerprint density at radius 1 is 1.38 bits per heavy atom. The van der Waals surface area contributed by atoms with Crippen molar-refractivity contribution in [2.45, 2.75) is 18.9 Å². The van der Waals surface area contributed by atoms with Crippen LogP contribution in [-0.2, 0) is 4.74 Å². The molecule has 2 aromatic rings. The lowest BCUT2D eigenvalue weighted by Crippen LogP contribution is -2.39. The molecule has 0 unspecified atom stereocenters. The molecule has 0 bridgehead atoms. The predicted octanol–water partition coefficient (Wildman–Crippen LogP) is 1.92. The summed E-state index contributed by atoms with van der Waals surface area (Å²) in [4.78, 5) is 12.4. The molecule has 3 rings (SSSR count). The Bertz CT molecular complexity index is 622. The predicted molar refractivity (Wildman–Crippen MR) is 74.8 cm³/mol. The number of rotatable bonds is 3. The molecule has 0 radical (unpaired) electrons. The molecule has 1 saturated heterocycles. The lowest BCUT2D eigenvalue weighted by Gasteiger charge is -2.23. The van der Waals surface area contributed by atoms with Crippen LogP contribution in [0.5, 0.6) is 0 Å². The topological polar surface area (TPSA) is 56.1 Å². The number of aromatic nitrogens is 2. The van der Waals surface area contributed by atoms with E-state index in [4.69, 9.17) is 4.74 Å². The van der Waals surface area contributed by atoms with Crippen LogP contribution < -0.4 is 5.32 Å². The van der Waals surface area contributed by atoms with Gasteiger partial charge in [-0.1, -0.05) is 0 Å². The van der Waals surface area contributed by atoms with Gasteiger partial charge < -0.3 is 10.1 Å². The van der Waals surface area contributed by atoms with Crippen LogP contribution in [-0.4, -0.2) is 34.9 Å². The molecule has 0 aliphatic carbocycles. The van der Waals surface area contributed by atoms with Crippen LogP contribution in [0, 0.1) is 5.82 Å². The number of hydrogen-bond donors (Lipinski definition) is 1. The molecule has 1 aliphatic heterocycles. The highest BCUT2D eigenvalue weighted by Crippen LogP contribution is 2.17. The van der Waals surface area contributed by atoms with Gasteiger partial charge in [-0.25, -0.2) is 9.07 Å². The quantitative estimate of drug-likeness (QED) is 0.939. The van der Waals surface area contributed by atoms with E-state index < -0.39 is 5.82 Å². The zero-order chi connectivity index (χ0) is 14.7. The first-order valence-corrected chi connectivity index (χ1v) is 6.92. The highest BCUT2D eigenvalue weighted by Gasteiger charge is 2.20. The number of nitrogens with one attached hydrogen (secondary N) is 1. The molecule has 0 atom stereocenters. The van der Waals surface area contributed by atoms with Gasteiger partial charge in [-0.15, -0.1) is 0 Å². The minimum Gasteiger partial charge on any atom is -0.381 e. The fourth-order valence-corrected chi connectivity index (χ4v) is 2.41. The van der Waals surface area contributed by atoms with Crippen molar-refractivity contribution >= 4 is 5.91 Å². The molecule has 1 aliphatic rings. The Morgan fingerprint density at radius 2 is 2.19 bits per heavy atom. The van der Waals surface area contributed by atoms with E-state index in [1.807, 2.05) is 0 Å². The summed E-state index contributed by atoms with van der Waals surface area (Å²) in [6.45, 7) is 1.28. The highest BCUT2D eigenvalue weighted by molar-refractivity contribution is 5.97. The summed E-state index contributed by atoms with van der Waals surface area (Å²) in [5.41, 5.74) is 0.844.